The van der Waals surface area contributed by atoms with E-state index in [2.05, 4.69) is 0 Å². The summed E-state index contributed by atoms with van der Waals surface area (Å²) in [5, 5.41) is 21.5. The Kier molecular flexibility index (Phi) is 37.4. The van der Waals surface area contributed by atoms with Crippen molar-refractivity contribution >= 4 is 16.5 Å². The van der Waals surface area contributed by atoms with Crippen LogP contribution in [0.1, 0.15) is 0 Å². The van der Waals surface area contributed by atoms with Gasteiger partial charge in [0.05, 0.1) is 0 Å². The molecule has 10 heteroatoms. The van der Waals surface area contributed by atoms with E-state index >= 15 is 0 Å². The van der Waals surface area contributed by atoms with Crippen LogP contribution in [0.5, 0.6) is 0 Å². The van der Waals surface area contributed by atoms with E-state index in [1.165, 1.54) is 0 Å². The summed E-state index contributed by atoms with van der Waals surface area (Å²) >= 11 is 0. The van der Waals surface area contributed by atoms with Gasteiger partial charge in [0, 0.05) is 49.0 Å². The quantitative estimate of drug-likeness (QED) is 0.294. The van der Waals surface area contributed by atoms with E-state index in [0.29, 0.717) is 0 Å². The van der Waals surface area contributed by atoms with Crippen LogP contribution in [-0.2, 0) is 53.5 Å². The average molecular weight is 300 g/mol. The molecule has 0 amide bonds. The summed E-state index contributed by atoms with van der Waals surface area (Å²) in [5.41, 5.74) is 0. The van der Waals surface area contributed by atoms with E-state index < -0.39 is 16.5 Å². The molecule has 0 unspecified atom stereocenters. The summed E-state index contributed by atoms with van der Waals surface area (Å²) in [6.45, 7) is 0. The minimum atomic E-state index is -3.13. The van der Waals surface area contributed by atoms with E-state index in [9.17, 15) is 0 Å². The third-order valence-corrected chi connectivity index (χ3v) is 0. The first-order valence-electron chi connectivity index (χ1n) is 1.43. The minimum absolute atomic E-state index is 0. The first-order valence-corrected chi connectivity index (χ1v) is 2.73. The third kappa shape index (κ3) is 431. The Bertz CT molecular complexity index is 62.0. The molecule has 0 rings (SSSR count). The molecule has 0 fully saturated rings. The van der Waals surface area contributed by atoms with Gasteiger partial charge in [0.25, 0.3) is 0 Å². The van der Waals surface area contributed by atoms with Crippen molar-refractivity contribution in [2.24, 2.45) is 0 Å². The van der Waals surface area contributed by atoms with Gasteiger partial charge < -0.3 is 24.7 Å². The molecule has 0 aromatic heterocycles. The Balaban J connectivity index is -0.0000000300. The average Bonchev–Trinajstić information content (AvgIpc) is 1.25. The second-order valence-corrected chi connectivity index (χ2v) is 1.19. The van der Waals surface area contributed by atoms with Gasteiger partial charge in [-0.25, -0.2) is 0 Å². The molecule has 0 bridgehead atoms. The zero-order valence-corrected chi connectivity index (χ0v) is 11.5. The Morgan fingerprint density at radius 1 is 1.10 bits per heavy atom. The maximum atomic E-state index is 8.74. The first kappa shape index (κ1) is 22.5. The molecular formula is H5BCdO6SiTi. The van der Waals surface area contributed by atoms with Crippen LogP contribution in [0.25, 0.3) is 0 Å². The second-order valence-electron chi connectivity index (χ2n) is 0.629. The van der Waals surface area contributed by atoms with Gasteiger partial charge in [-0.05, 0) is 0 Å². The van der Waals surface area contributed by atoms with Crippen LogP contribution in [0.15, 0.2) is 0 Å². The number of rotatable bonds is 0. The fourth-order valence-electron chi connectivity index (χ4n) is 0. The van der Waals surface area contributed by atoms with E-state index in [-0.39, 0.29) is 49.0 Å². The van der Waals surface area contributed by atoms with Gasteiger partial charge in [0.2, 0.25) is 0 Å². The zero-order chi connectivity index (χ0) is 7.15. The summed E-state index contributed by atoms with van der Waals surface area (Å²) in [6.07, 6.45) is 0. The number of hydrogen-bond donors (Lipinski definition) is 5. The van der Waals surface area contributed by atoms with Gasteiger partial charge >= 0.3 is 16.5 Å². The minimum Gasteiger partial charge on any atom is -0.511 e. The van der Waals surface area contributed by atoms with Gasteiger partial charge in [0.15, 0.2) is 0 Å². The molecule has 0 aromatic rings. The van der Waals surface area contributed by atoms with Gasteiger partial charge in [-0.3, -0.25) is 4.46 Å². The predicted molar refractivity (Wildman–Crippen MR) is 23.3 cm³/mol. The summed E-state index contributed by atoms with van der Waals surface area (Å²) in [4.78, 5) is 14.3. The molecule has 0 aliphatic carbocycles. The summed E-state index contributed by atoms with van der Waals surface area (Å²) in [6, 6.07) is 0. The Labute approximate surface area is 94.0 Å². The fraction of sp³-hybridized carbons (Fsp3) is 0. The largest absolute Gasteiger partial charge is 0.761 e. The molecule has 0 saturated carbocycles. The van der Waals surface area contributed by atoms with Crippen molar-refractivity contribution in [2.75, 3.05) is 0 Å². The Hall–Kier alpha value is 1.20. The predicted octanol–water partition coefficient (Wildman–Crippen LogP) is -3.67. The van der Waals surface area contributed by atoms with Crippen molar-refractivity contribution < 1.29 is 78.1 Å². The van der Waals surface area contributed by atoms with Gasteiger partial charge in [-0.2, -0.15) is 0 Å². The van der Waals surface area contributed by atoms with Crippen molar-refractivity contribution in [3.63, 3.8) is 0 Å². The Morgan fingerprint density at radius 2 is 1.10 bits per heavy atom. The molecule has 0 aliphatic heterocycles. The molecule has 0 heterocycles. The van der Waals surface area contributed by atoms with Crippen LogP contribution < -0.4 is 0 Å². The van der Waals surface area contributed by atoms with Gasteiger partial charge in [-0.15, -0.1) is 0 Å². The second kappa shape index (κ2) is 16.7. The first-order chi connectivity index (χ1) is 3.46. The van der Waals surface area contributed by atoms with Crippen molar-refractivity contribution in [3.05, 3.63) is 0 Å². The molecule has 0 aliphatic rings. The fourth-order valence-corrected chi connectivity index (χ4v) is 0. The molecule has 5 N–H and O–H groups in total. The molecule has 6 nitrogen and oxygen atoms in total. The van der Waals surface area contributed by atoms with Crippen LogP contribution in [-0.4, -0.2) is 41.2 Å². The summed E-state index contributed by atoms with van der Waals surface area (Å²) < 4.78 is 8.74. The van der Waals surface area contributed by atoms with E-state index in [4.69, 9.17) is 29.1 Å². The van der Waals surface area contributed by atoms with Crippen molar-refractivity contribution in [1.29, 1.82) is 0 Å². The molecule has 0 atom stereocenters. The maximum absolute atomic E-state index is 8.74. The molecule has 0 radical (unpaired) electrons. The molecule has 10 heavy (non-hydrogen) atoms. The SMILES string of the molecule is O=[Si](O)O.OB(O)O.[Cd].[Ti]. The molecule has 54 valence electrons. The molecule has 0 saturated heterocycles. The molecule has 0 aromatic carbocycles. The summed E-state index contributed by atoms with van der Waals surface area (Å²) in [7, 11) is -5.30. The van der Waals surface area contributed by atoms with Crippen LogP contribution in [0, 0.1) is 0 Å². The number of hydrogen-bond acceptors (Lipinski definition) is 4. The smallest absolute Gasteiger partial charge is 0.511 e. The van der Waals surface area contributed by atoms with Gasteiger partial charge in [0.1, 0.15) is 0 Å². The third-order valence-electron chi connectivity index (χ3n) is 0. The van der Waals surface area contributed by atoms with Crippen LogP contribution in [0.3, 0.4) is 0 Å². The van der Waals surface area contributed by atoms with Crippen molar-refractivity contribution in [1.82, 2.24) is 0 Å². The molecular weight excluding hydrogens is 295 g/mol. The normalized spacial score (nSPS) is 5.10. The van der Waals surface area contributed by atoms with Crippen LogP contribution in [0.4, 0.5) is 0 Å². The summed E-state index contributed by atoms with van der Waals surface area (Å²) in [5.74, 6) is 0. The van der Waals surface area contributed by atoms with E-state index in [1.54, 1.807) is 0 Å². The standard InChI is InChI=1S/BH3O3.Cd.H2O3Si.Ti/c2-1(3)4;;1-4(2)3;/h2-4H;;1-2H;. The van der Waals surface area contributed by atoms with Crippen molar-refractivity contribution in [2.45, 2.75) is 0 Å². The van der Waals surface area contributed by atoms with Crippen LogP contribution in [0.2, 0.25) is 0 Å². The van der Waals surface area contributed by atoms with E-state index in [1.807, 2.05) is 0 Å². The zero-order valence-electron chi connectivity index (χ0n) is 4.93. The monoisotopic (exact) mass is 302 g/mol. The maximum Gasteiger partial charge on any atom is 0.761 e. The van der Waals surface area contributed by atoms with Gasteiger partial charge in [-0.1, -0.05) is 0 Å². The van der Waals surface area contributed by atoms with Crippen LogP contribution >= 0.6 is 0 Å². The van der Waals surface area contributed by atoms with E-state index in [0.717, 1.165) is 0 Å². The Morgan fingerprint density at radius 3 is 1.10 bits per heavy atom. The topological polar surface area (TPSA) is 118 Å². The van der Waals surface area contributed by atoms with Crippen molar-refractivity contribution in [3.8, 4) is 0 Å². The molecule has 0 spiro atoms.